The molecule has 0 atom stereocenters. The molecule has 0 radical (unpaired) electrons. The van der Waals surface area contributed by atoms with E-state index in [4.69, 9.17) is 0 Å². The summed E-state index contributed by atoms with van der Waals surface area (Å²) in [7, 11) is 0. The van der Waals surface area contributed by atoms with Gasteiger partial charge in [-0.3, -0.25) is 4.79 Å². The van der Waals surface area contributed by atoms with Crippen molar-refractivity contribution < 1.29 is 60.1 Å². The quantitative estimate of drug-likeness (QED) is 0.207. The average molecular weight is 470 g/mol. The summed E-state index contributed by atoms with van der Waals surface area (Å²) in [6.07, 6.45) is 0. The predicted octanol–water partition coefficient (Wildman–Crippen LogP) is 4.09. The van der Waals surface area contributed by atoms with Crippen molar-refractivity contribution in [1.29, 1.82) is 0 Å². The van der Waals surface area contributed by atoms with Gasteiger partial charge in [0, 0.05) is 31.1 Å². The van der Waals surface area contributed by atoms with Crippen LogP contribution in [0.25, 0.3) is 5.69 Å². The number of aromatic nitrogens is 2. The first kappa shape index (κ1) is 22.5. The Morgan fingerprint density at radius 1 is 0.862 bits per heavy atom. The van der Waals surface area contributed by atoms with Crippen molar-refractivity contribution >= 4 is 5.78 Å². The van der Waals surface area contributed by atoms with Crippen molar-refractivity contribution in [1.82, 2.24) is 9.78 Å². The van der Waals surface area contributed by atoms with E-state index < -0.39 is 74.9 Å². The second-order valence-electron chi connectivity index (χ2n) is 5.60. The first-order chi connectivity index (χ1) is 13.0. The van der Waals surface area contributed by atoms with E-state index in [0.717, 1.165) is 6.92 Å². The number of halogens is 7. The number of carbonyl (C=O) groups excluding carboxylic acids is 1. The second kappa shape index (κ2) is 7.94. The maximum Gasteiger partial charge on any atom is 0.226 e. The number of rotatable bonds is 3. The summed E-state index contributed by atoms with van der Waals surface area (Å²) >= 11 is 0. The fourth-order valence-corrected chi connectivity index (χ4v) is 2.55. The van der Waals surface area contributed by atoms with Gasteiger partial charge in [-0.25, -0.2) is 30.7 Å². The standard InChI is InChI=1S/C17H7F7N2O2.Zn/c1-5-9(16(27)6-2-7(18)4-8(19)3-6)17(28)26(25-5)15-13(23)11(21)10(20)12(22)14(15)24;/h2-4,28H,1H3;. The van der Waals surface area contributed by atoms with Gasteiger partial charge in [0.2, 0.25) is 17.5 Å². The van der Waals surface area contributed by atoms with E-state index in [-0.39, 0.29) is 24.2 Å². The minimum absolute atomic E-state index is 0. The molecule has 0 saturated carbocycles. The van der Waals surface area contributed by atoms with Crippen LogP contribution in [0.4, 0.5) is 30.7 Å². The summed E-state index contributed by atoms with van der Waals surface area (Å²) in [6, 6.07) is 1.72. The Kier molecular flexibility index (Phi) is 6.17. The third kappa shape index (κ3) is 3.64. The normalized spacial score (nSPS) is 10.8. The molecule has 1 N–H and O–H groups in total. The SMILES string of the molecule is Cc1nn(-c2c(F)c(F)c(F)c(F)c2F)c(O)c1C(=O)c1cc(F)cc(F)c1.[Zn]. The third-order valence-electron chi connectivity index (χ3n) is 3.79. The molecule has 0 fully saturated rings. The Balaban J connectivity index is 0.00000300. The molecular formula is C17H7F7N2O2Zn. The van der Waals surface area contributed by atoms with E-state index in [1.165, 1.54) is 0 Å². The zero-order chi connectivity index (χ0) is 20.9. The number of nitrogens with zero attached hydrogens (tertiary/aromatic N) is 2. The average Bonchev–Trinajstić information content (AvgIpc) is 2.91. The number of ketones is 1. The zero-order valence-corrected chi connectivity index (χ0v) is 17.3. The molecule has 4 nitrogen and oxygen atoms in total. The summed E-state index contributed by atoms with van der Waals surface area (Å²) in [6.45, 7) is 1.07. The Bertz CT molecular complexity index is 1100. The number of benzene rings is 2. The van der Waals surface area contributed by atoms with Crippen LogP contribution in [0.2, 0.25) is 0 Å². The Hall–Kier alpha value is -2.75. The molecule has 2 aromatic carbocycles. The maximum atomic E-state index is 14.0. The largest absolute Gasteiger partial charge is 0.493 e. The van der Waals surface area contributed by atoms with Gasteiger partial charge in [-0.15, -0.1) is 0 Å². The van der Waals surface area contributed by atoms with E-state index in [0.29, 0.717) is 18.2 Å². The Labute approximate surface area is 170 Å². The third-order valence-corrected chi connectivity index (χ3v) is 3.79. The predicted molar refractivity (Wildman–Crippen MR) is 79.5 cm³/mol. The summed E-state index contributed by atoms with van der Waals surface area (Å²) in [5.41, 5.74) is -3.33. The van der Waals surface area contributed by atoms with Crippen LogP contribution in [0.1, 0.15) is 21.6 Å². The Morgan fingerprint density at radius 3 is 1.79 bits per heavy atom. The molecule has 3 rings (SSSR count). The molecule has 0 bridgehead atoms. The monoisotopic (exact) mass is 468 g/mol. The molecule has 0 aliphatic heterocycles. The molecular weight excluding hydrogens is 463 g/mol. The van der Waals surface area contributed by atoms with Crippen molar-refractivity contribution in [2.24, 2.45) is 0 Å². The number of aromatic hydroxyl groups is 1. The summed E-state index contributed by atoms with van der Waals surface area (Å²) in [5, 5.41) is 13.6. The van der Waals surface area contributed by atoms with E-state index in [9.17, 15) is 40.6 Å². The topological polar surface area (TPSA) is 55.1 Å². The first-order valence-corrected chi connectivity index (χ1v) is 7.35. The summed E-state index contributed by atoms with van der Waals surface area (Å²) in [4.78, 5) is 12.5. The van der Waals surface area contributed by atoms with Crippen LogP contribution in [-0.4, -0.2) is 20.7 Å². The van der Waals surface area contributed by atoms with Crippen LogP contribution in [0, 0.1) is 47.6 Å². The van der Waals surface area contributed by atoms with Crippen LogP contribution in [-0.2, 0) is 19.5 Å². The number of carbonyl (C=O) groups is 1. The van der Waals surface area contributed by atoms with Crippen LogP contribution in [0.5, 0.6) is 5.88 Å². The Morgan fingerprint density at radius 2 is 1.31 bits per heavy atom. The van der Waals surface area contributed by atoms with Gasteiger partial charge in [-0.2, -0.15) is 9.78 Å². The van der Waals surface area contributed by atoms with Gasteiger partial charge in [-0.05, 0) is 19.1 Å². The zero-order valence-electron chi connectivity index (χ0n) is 14.3. The molecule has 1 heterocycles. The van der Waals surface area contributed by atoms with E-state index in [2.05, 4.69) is 5.10 Å². The van der Waals surface area contributed by atoms with Crippen molar-refractivity contribution in [3.8, 4) is 11.6 Å². The molecule has 0 spiro atoms. The van der Waals surface area contributed by atoms with Gasteiger partial charge in [0.25, 0.3) is 0 Å². The van der Waals surface area contributed by atoms with E-state index >= 15 is 0 Å². The molecule has 0 aliphatic rings. The van der Waals surface area contributed by atoms with Crippen LogP contribution in [0.3, 0.4) is 0 Å². The molecule has 0 unspecified atom stereocenters. The molecule has 1 aromatic heterocycles. The molecule has 0 aliphatic carbocycles. The smallest absolute Gasteiger partial charge is 0.226 e. The molecule has 12 heteroatoms. The van der Waals surface area contributed by atoms with Crippen LogP contribution < -0.4 is 0 Å². The number of hydrogen-bond acceptors (Lipinski definition) is 3. The molecule has 3 aromatic rings. The number of aryl methyl sites for hydroxylation is 1. The fraction of sp³-hybridized carbons (Fsp3) is 0.0588. The minimum atomic E-state index is -2.42. The van der Waals surface area contributed by atoms with Gasteiger partial charge in [0.05, 0.1) is 5.69 Å². The van der Waals surface area contributed by atoms with Gasteiger partial charge in [0.15, 0.2) is 23.3 Å². The van der Waals surface area contributed by atoms with E-state index in [1.807, 2.05) is 0 Å². The van der Waals surface area contributed by atoms with Gasteiger partial charge < -0.3 is 5.11 Å². The molecule has 0 amide bonds. The van der Waals surface area contributed by atoms with Gasteiger partial charge in [0.1, 0.15) is 22.9 Å². The van der Waals surface area contributed by atoms with Crippen molar-refractivity contribution in [2.75, 3.05) is 0 Å². The number of hydrogen-bond donors (Lipinski definition) is 1. The fourth-order valence-electron chi connectivity index (χ4n) is 2.55. The van der Waals surface area contributed by atoms with E-state index in [1.54, 1.807) is 0 Å². The van der Waals surface area contributed by atoms with Gasteiger partial charge >= 0.3 is 0 Å². The summed E-state index contributed by atoms with van der Waals surface area (Å²) < 4.78 is 94.5. The van der Waals surface area contributed by atoms with Crippen molar-refractivity contribution in [3.63, 3.8) is 0 Å². The minimum Gasteiger partial charge on any atom is -0.493 e. The molecule has 29 heavy (non-hydrogen) atoms. The molecule has 148 valence electrons. The van der Waals surface area contributed by atoms with Crippen molar-refractivity contribution in [2.45, 2.75) is 6.92 Å². The van der Waals surface area contributed by atoms with Crippen molar-refractivity contribution in [3.05, 3.63) is 75.7 Å². The maximum absolute atomic E-state index is 14.0. The van der Waals surface area contributed by atoms with Gasteiger partial charge in [-0.1, -0.05) is 0 Å². The van der Waals surface area contributed by atoms with Crippen LogP contribution >= 0.6 is 0 Å². The molecule has 0 saturated heterocycles. The second-order valence-corrected chi connectivity index (χ2v) is 5.60. The first-order valence-electron chi connectivity index (χ1n) is 7.35. The van der Waals surface area contributed by atoms with Crippen LogP contribution in [0.15, 0.2) is 18.2 Å². The summed E-state index contributed by atoms with van der Waals surface area (Å²) in [5.74, 6) is -16.3.